The third-order valence-electron chi connectivity index (χ3n) is 3.95. The van der Waals surface area contributed by atoms with E-state index in [1.165, 1.54) is 32.1 Å². The molecule has 1 heterocycles. The van der Waals surface area contributed by atoms with Gasteiger partial charge in [0.2, 0.25) is 0 Å². The van der Waals surface area contributed by atoms with Crippen molar-refractivity contribution in [2.24, 2.45) is 0 Å². The fourth-order valence-corrected chi connectivity index (χ4v) is 2.79. The molecule has 0 spiro atoms. The molecule has 0 radical (unpaired) electrons. The van der Waals surface area contributed by atoms with Gasteiger partial charge in [0.05, 0.1) is 18.2 Å². The average Bonchev–Trinajstić information content (AvgIpc) is 2.45. The predicted octanol–water partition coefficient (Wildman–Crippen LogP) is 3.65. The maximum absolute atomic E-state index is 12.1. The second-order valence-electron chi connectivity index (χ2n) is 5.82. The number of carbonyl (C=O) groups is 2. The number of amides is 2. The van der Waals surface area contributed by atoms with Gasteiger partial charge in [-0.15, -0.1) is 0 Å². The van der Waals surface area contributed by atoms with Crippen molar-refractivity contribution >= 4 is 12.0 Å². The molecule has 5 nitrogen and oxygen atoms in total. The van der Waals surface area contributed by atoms with Crippen LogP contribution in [0.25, 0.3) is 0 Å². The van der Waals surface area contributed by atoms with Crippen LogP contribution in [0.3, 0.4) is 0 Å². The number of allylic oxidation sites excluding steroid dienone is 1. The summed E-state index contributed by atoms with van der Waals surface area (Å²) in [6.45, 7) is 6.09. The second kappa shape index (κ2) is 10.2. The minimum Gasteiger partial charge on any atom is -0.463 e. The molecule has 1 atom stereocenters. The SMILES string of the molecule is CCCCCCCCCC1NC(=O)NC(C)=C1C(=O)OCC. The van der Waals surface area contributed by atoms with Gasteiger partial charge in [0.25, 0.3) is 0 Å². The zero-order valence-electron chi connectivity index (χ0n) is 14.2. The molecular weight excluding hydrogens is 280 g/mol. The number of hydrogen-bond donors (Lipinski definition) is 2. The van der Waals surface area contributed by atoms with E-state index in [0.29, 0.717) is 17.9 Å². The number of carbonyl (C=O) groups excluding carboxylic acids is 2. The molecule has 1 rings (SSSR count). The summed E-state index contributed by atoms with van der Waals surface area (Å²) in [5.41, 5.74) is 1.17. The Morgan fingerprint density at radius 1 is 1.09 bits per heavy atom. The van der Waals surface area contributed by atoms with E-state index < -0.39 is 0 Å². The Kier molecular flexibility index (Phi) is 8.63. The summed E-state index contributed by atoms with van der Waals surface area (Å²) in [5.74, 6) is -0.333. The summed E-state index contributed by atoms with van der Waals surface area (Å²) in [5, 5.41) is 5.49. The highest BCUT2D eigenvalue weighted by atomic mass is 16.5. The lowest BCUT2D eigenvalue weighted by molar-refractivity contribution is -0.139. The van der Waals surface area contributed by atoms with E-state index in [0.717, 1.165) is 19.3 Å². The van der Waals surface area contributed by atoms with Crippen LogP contribution in [-0.2, 0) is 9.53 Å². The van der Waals surface area contributed by atoms with E-state index in [1.807, 2.05) is 0 Å². The molecule has 0 saturated carbocycles. The molecule has 0 bridgehead atoms. The van der Waals surface area contributed by atoms with Crippen LogP contribution in [0.2, 0.25) is 0 Å². The highest BCUT2D eigenvalue weighted by Crippen LogP contribution is 2.19. The Labute approximate surface area is 133 Å². The molecule has 0 aromatic carbocycles. The van der Waals surface area contributed by atoms with Crippen LogP contribution in [0.4, 0.5) is 4.79 Å². The van der Waals surface area contributed by atoms with Gasteiger partial charge < -0.3 is 15.4 Å². The van der Waals surface area contributed by atoms with Crippen LogP contribution in [0.5, 0.6) is 0 Å². The minimum atomic E-state index is -0.333. The number of unbranched alkanes of at least 4 members (excludes halogenated alkanes) is 6. The lowest BCUT2D eigenvalue weighted by atomic mass is 9.96. The molecule has 0 fully saturated rings. The molecule has 22 heavy (non-hydrogen) atoms. The lowest BCUT2D eigenvalue weighted by Crippen LogP contribution is -2.49. The summed E-state index contributed by atoms with van der Waals surface area (Å²) < 4.78 is 5.10. The molecular formula is C17H30N2O3. The fourth-order valence-electron chi connectivity index (χ4n) is 2.79. The van der Waals surface area contributed by atoms with Crippen molar-refractivity contribution in [3.05, 3.63) is 11.3 Å². The smallest absolute Gasteiger partial charge is 0.337 e. The normalized spacial score (nSPS) is 18.0. The van der Waals surface area contributed by atoms with Crippen molar-refractivity contribution in [1.82, 2.24) is 10.6 Å². The molecule has 0 aromatic heterocycles. The van der Waals surface area contributed by atoms with Crippen molar-refractivity contribution in [3.8, 4) is 0 Å². The number of urea groups is 1. The first-order valence-electron chi connectivity index (χ1n) is 8.55. The van der Waals surface area contributed by atoms with Crippen LogP contribution in [0.1, 0.15) is 72.1 Å². The van der Waals surface area contributed by atoms with Gasteiger partial charge >= 0.3 is 12.0 Å². The average molecular weight is 310 g/mol. The summed E-state index contributed by atoms with van der Waals surface area (Å²) in [6.07, 6.45) is 9.28. The van der Waals surface area contributed by atoms with Gasteiger partial charge in [-0.2, -0.15) is 0 Å². The minimum absolute atomic E-state index is 0.233. The van der Waals surface area contributed by atoms with Crippen molar-refractivity contribution in [1.29, 1.82) is 0 Å². The predicted molar refractivity (Wildman–Crippen MR) is 87.4 cm³/mol. The Bertz CT molecular complexity index is 405. The molecule has 126 valence electrons. The van der Waals surface area contributed by atoms with Crippen LogP contribution in [0.15, 0.2) is 11.3 Å². The highest BCUT2D eigenvalue weighted by molar-refractivity contribution is 5.94. The molecule has 1 unspecified atom stereocenters. The van der Waals surface area contributed by atoms with Gasteiger partial charge in [-0.3, -0.25) is 0 Å². The quantitative estimate of drug-likeness (QED) is 0.478. The van der Waals surface area contributed by atoms with Gasteiger partial charge in [0, 0.05) is 5.70 Å². The standard InChI is InChI=1S/C17H30N2O3/c1-4-6-7-8-9-10-11-12-14-15(16(20)22-5-2)13(3)18-17(21)19-14/h14H,4-12H2,1-3H3,(H2,18,19,21). The number of esters is 1. The van der Waals surface area contributed by atoms with Gasteiger partial charge in [-0.1, -0.05) is 51.9 Å². The van der Waals surface area contributed by atoms with Crippen molar-refractivity contribution in [3.63, 3.8) is 0 Å². The van der Waals surface area contributed by atoms with Gasteiger partial charge in [0.1, 0.15) is 0 Å². The summed E-state index contributed by atoms with van der Waals surface area (Å²) in [6, 6.07) is -0.470. The third kappa shape index (κ3) is 6.08. The molecule has 0 aliphatic carbocycles. The molecule has 2 amide bonds. The Morgan fingerprint density at radius 2 is 1.73 bits per heavy atom. The first kappa shape index (κ1) is 18.5. The Morgan fingerprint density at radius 3 is 2.36 bits per heavy atom. The van der Waals surface area contributed by atoms with Crippen LogP contribution in [0, 0.1) is 0 Å². The molecule has 1 aliphatic rings. The first-order chi connectivity index (χ1) is 10.6. The van der Waals surface area contributed by atoms with Crippen LogP contribution >= 0.6 is 0 Å². The van der Waals surface area contributed by atoms with E-state index in [9.17, 15) is 9.59 Å². The Hall–Kier alpha value is -1.52. The van der Waals surface area contributed by atoms with Gasteiger partial charge in [-0.05, 0) is 20.3 Å². The maximum Gasteiger partial charge on any atom is 0.337 e. The second-order valence-corrected chi connectivity index (χ2v) is 5.82. The molecule has 1 aliphatic heterocycles. The maximum atomic E-state index is 12.1. The molecule has 2 N–H and O–H groups in total. The zero-order valence-corrected chi connectivity index (χ0v) is 14.2. The van der Waals surface area contributed by atoms with E-state index in [2.05, 4.69) is 17.6 Å². The van der Waals surface area contributed by atoms with Crippen molar-refractivity contribution < 1.29 is 14.3 Å². The zero-order chi connectivity index (χ0) is 16.4. The summed E-state index contributed by atoms with van der Waals surface area (Å²) in [4.78, 5) is 23.7. The highest BCUT2D eigenvalue weighted by Gasteiger charge is 2.30. The fraction of sp³-hybridized carbons (Fsp3) is 0.765. The van der Waals surface area contributed by atoms with Crippen LogP contribution < -0.4 is 10.6 Å². The largest absolute Gasteiger partial charge is 0.463 e. The number of rotatable bonds is 10. The van der Waals surface area contributed by atoms with Gasteiger partial charge in [0.15, 0.2) is 0 Å². The van der Waals surface area contributed by atoms with Crippen molar-refractivity contribution in [2.45, 2.75) is 78.2 Å². The third-order valence-corrected chi connectivity index (χ3v) is 3.95. The van der Waals surface area contributed by atoms with Gasteiger partial charge in [-0.25, -0.2) is 9.59 Å². The monoisotopic (exact) mass is 310 g/mol. The van der Waals surface area contributed by atoms with Crippen molar-refractivity contribution in [2.75, 3.05) is 6.61 Å². The van der Waals surface area contributed by atoms with E-state index in [-0.39, 0.29) is 18.0 Å². The lowest BCUT2D eigenvalue weighted by Gasteiger charge is -2.27. The molecule has 0 aromatic rings. The van der Waals surface area contributed by atoms with E-state index in [1.54, 1.807) is 13.8 Å². The topological polar surface area (TPSA) is 67.4 Å². The van der Waals surface area contributed by atoms with E-state index >= 15 is 0 Å². The van der Waals surface area contributed by atoms with Crippen LogP contribution in [-0.4, -0.2) is 24.6 Å². The summed E-state index contributed by atoms with van der Waals surface area (Å²) >= 11 is 0. The number of nitrogens with one attached hydrogen (secondary N) is 2. The Balaban J connectivity index is 2.46. The van der Waals surface area contributed by atoms with E-state index in [4.69, 9.17) is 4.74 Å². The summed E-state index contributed by atoms with van der Waals surface area (Å²) in [7, 11) is 0. The molecule has 5 heteroatoms. The first-order valence-corrected chi connectivity index (χ1v) is 8.55. The number of hydrogen-bond acceptors (Lipinski definition) is 3. The number of ether oxygens (including phenoxy) is 1. The molecule has 0 saturated heterocycles.